The first-order valence-corrected chi connectivity index (χ1v) is 9.29. The zero-order chi connectivity index (χ0) is 20.6. The van der Waals surface area contributed by atoms with E-state index in [2.05, 4.69) is 13.8 Å². The Balaban J connectivity index is 0.000000665. The van der Waals surface area contributed by atoms with Gasteiger partial charge in [-0.2, -0.15) is 0 Å². The van der Waals surface area contributed by atoms with Crippen molar-refractivity contribution in [1.29, 1.82) is 0 Å². The highest BCUT2D eigenvalue weighted by atomic mass is 35.5. The number of hydrogen-bond acceptors (Lipinski definition) is 4. The van der Waals surface area contributed by atoms with Crippen LogP contribution in [0.3, 0.4) is 0 Å². The Morgan fingerprint density at radius 1 is 1.30 bits per heavy atom. The van der Waals surface area contributed by atoms with E-state index >= 15 is 0 Å². The van der Waals surface area contributed by atoms with E-state index in [0.717, 1.165) is 0 Å². The van der Waals surface area contributed by atoms with Gasteiger partial charge in [-0.3, -0.25) is 4.79 Å². The minimum Gasteiger partial charge on any atom is -0.495 e. The van der Waals surface area contributed by atoms with Crippen LogP contribution in [0.15, 0.2) is 29.2 Å². The van der Waals surface area contributed by atoms with Gasteiger partial charge in [-0.05, 0) is 6.07 Å². The average Bonchev–Trinajstić information content (AvgIpc) is 2.81. The Kier molecular flexibility index (Phi) is 8.88. The lowest BCUT2D eigenvalue weighted by Crippen LogP contribution is -2.19. The third-order valence-corrected chi connectivity index (χ3v) is 3.77. The SMILES string of the molecule is CC.CCC.COc1cc2c(cc1Cl)-c1cc(=O)c(C(=O)O)cn1CCO2. The molecule has 7 heteroatoms. The number of carbonyl (C=O) groups is 1. The molecule has 0 aliphatic carbocycles. The van der Waals surface area contributed by atoms with Gasteiger partial charge in [0.25, 0.3) is 0 Å². The van der Waals surface area contributed by atoms with Crippen LogP contribution in [0.2, 0.25) is 5.02 Å². The van der Waals surface area contributed by atoms with Crippen LogP contribution >= 0.6 is 11.6 Å². The zero-order valence-electron chi connectivity index (χ0n) is 16.3. The highest BCUT2D eigenvalue weighted by Crippen LogP contribution is 2.39. The van der Waals surface area contributed by atoms with Crippen molar-refractivity contribution in [3.05, 3.63) is 45.2 Å². The van der Waals surface area contributed by atoms with Crippen LogP contribution < -0.4 is 14.9 Å². The number of pyridine rings is 1. The predicted octanol–water partition coefficient (Wildman–Crippen LogP) is 4.71. The highest BCUT2D eigenvalue weighted by molar-refractivity contribution is 6.32. The summed E-state index contributed by atoms with van der Waals surface area (Å²) >= 11 is 6.14. The summed E-state index contributed by atoms with van der Waals surface area (Å²) in [6.45, 7) is 9.01. The molecule has 0 saturated heterocycles. The molecule has 0 fully saturated rings. The minimum atomic E-state index is -1.25. The molecular formula is C20H26ClNO5. The van der Waals surface area contributed by atoms with Crippen LogP contribution in [0.25, 0.3) is 11.3 Å². The van der Waals surface area contributed by atoms with Crippen molar-refractivity contribution in [3.63, 3.8) is 0 Å². The first kappa shape index (κ1) is 22.6. The largest absolute Gasteiger partial charge is 0.495 e. The molecule has 0 atom stereocenters. The third kappa shape index (κ3) is 5.26. The van der Waals surface area contributed by atoms with E-state index in [1.54, 1.807) is 16.7 Å². The smallest absolute Gasteiger partial charge is 0.341 e. The summed E-state index contributed by atoms with van der Waals surface area (Å²) in [5.41, 5.74) is 0.356. The molecule has 1 N–H and O–H groups in total. The van der Waals surface area contributed by atoms with Crippen molar-refractivity contribution in [3.8, 4) is 22.8 Å². The lowest BCUT2D eigenvalue weighted by Gasteiger charge is -2.13. The molecule has 27 heavy (non-hydrogen) atoms. The lowest BCUT2D eigenvalue weighted by atomic mass is 10.1. The summed E-state index contributed by atoms with van der Waals surface area (Å²) < 4.78 is 12.5. The molecule has 2 heterocycles. The molecule has 3 rings (SSSR count). The molecule has 148 valence electrons. The fraction of sp³-hybridized carbons (Fsp3) is 0.400. The molecule has 1 aliphatic rings. The number of carboxylic acids is 1. The van der Waals surface area contributed by atoms with E-state index in [-0.39, 0.29) is 5.56 Å². The maximum absolute atomic E-state index is 12.0. The molecule has 0 spiro atoms. The van der Waals surface area contributed by atoms with Gasteiger partial charge < -0.3 is 19.1 Å². The first-order chi connectivity index (χ1) is 12.9. The number of fused-ring (bicyclic) bond motifs is 3. The molecule has 0 saturated carbocycles. The molecule has 0 bridgehead atoms. The predicted molar refractivity (Wildman–Crippen MR) is 107 cm³/mol. The maximum Gasteiger partial charge on any atom is 0.341 e. The van der Waals surface area contributed by atoms with Crippen molar-refractivity contribution >= 4 is 17.6 Å². The van der Waals surface area contributed by atoms with Crippen LogP contribution in [0.5, 0.6) is 11.5 Å². The van der Waals surface area contributed by atoms with Crippen molar-refractivity contribution in [1.82, 2.24) is 4.57 Å². The number of benzene rings is 1. The van der Waals surface area contributed by atoms with Gasteiger partial charge in [0.1, 0.15) is 23.7 Å². The summed E-state index contributed by atoms with van der Waals surface area (Å²) in [5.74, 6) is -0.244. The van der Waals surface area contributed by atoms with Gasteiger partial charge in [0.05, 0.1) is 24.4 Å². The van der Waals surface area contributed by atoms with Crippen LogP contribution in [0.1, 0.15) is 44.5 Å². The van der Waals surface area contributed by atoms with E-state index in [9.17, 15) is 9.59 Å². The Morgan fingerprint density at radius 3 is 2.48 bits per heavy atom. The van der Waals surface area contributed by atoms with Gasteiger partial charge in [-0.15, -0.1) is 0 Å². The quantitative estimate of drug-likeness (QED) is 0.796. The average molecular weight is 396 g/mol. The van der Waals surface area contributed by atoms with Crippen molar-refractivity contribution in [2.75, 3.05) is 13.7 Å². The van der Waals surface area contributed by atoms with E-state index < -0.39 is 11.4 Å². The number of aromatic nitrogens is 1. The van der Waals surface area contributed by atoms with E-state index in [1.807, 2.05) is 13.8 Å². The summed E-state index contributed by atoms with van der Waals surface area (Å²) in [6.07, 6.45) is 2.58. The van der Waals surface area contributed by atoms with Crippen LogP contribution in [0, 0.1) is 0 Å². The van der Waals surface area contributed by atoms with Gasteiger partial charge in [0.2, 0.25) is 0 Å². The van der Waals surface area contributed by atoms with Crippen molar-refractivity contribution in [2.24, 2.45) is 0 Å². The second-order valence-corrected chi connectivity index (χ2v) is 5.88. The van der Waals surface area contributed by atoms with E-state index in [1.165, 1.54) is 25.8 Å². The normalized spacial score (nSPS) is 11.2. The number of ether oxygens (including phenoxy) is 2. The number of nitrogens with zero attached hydrogens (tertiary/aromatic N) is 1. The fourth-order valence-electron chi connectivity index (χ4n) is 2.42. The summed E-state index contributed by atoms with van der Waals surface area (Å²) in [6, 6.07) is 4.59. The molecule has 0 radical (unpaired) electrons. The number of halogens is 1. The topological polar surface area (TPSA) is 77.8 Å². The van der Waals surface area contributed by atoms with Crippen molar-refractivity contribution < 1.29 is 19.4 Å². The molecule has 0 unspecified atom stereocenters. The number of methoxy groups -OCH3 is 1. The minimum absolute atomic E-state index is 0.271. The molecule has 6 nitrogen and oxygen atoms in total. The number of aromatic carboxylic acids is 1. The lowest BCUT2D eigenvalue weighted by molar-refractivity contribution is 0.0694. The van der Waals surface area contributed by atoms with Gasteiger partial charge in [0.15, 0.2) is 5.43 Å². The van der Waals surface area contributed by atoms with Gasteiger partial charge in [0, 0.05) is 23.9 Å². The summed E-state index contributed by atoms with van der Waals surface area (Å²) in [4.78, 5) is 23.1. The maximum atomic E-state index is 12.0. The second-order valence-electron chi connectivity index (χ2n) is 5.47. The summed E-state index contributed by atoms with van der Waals surface area (Å²) in [5, 5.41) is 9.45. The number of hydrogen-bond donors (Lipinski definition) is 1. The standard InChI is InChI=1S/C15H12ClNO5.C3H8.C2H6/c1-21-14-6-13-8(4-10(14)16)11-5-12(18)9(15(19)20)7-17(11)2-3-22-13;1-3-2;1-2/h4-7H,2-3H2,1H3,(H,19,20);3H2,1-2H3;1-2H3. The number of rotatable bonds is 2. The van der Waals surface area contributed by atoms with Gasteiger partial charge >= 0.3 is 5.97 Å². The Bertz CT molecular complexity index is 845. The van der Waals surface area contributed by atoms with Gasteiger partial charge in [-0.1, -0.05) is 45.7 Å². The Labute approximate surface area is 164 Å². The number of carboxylic acid groups (broad SMARTS) is 1. The fourth-order valence-corrected chi connectivity index (χ4v) is 2.66. The molecule has 1 aromatic carbocycles. The molecule has 0 amide bonds. The van der Waals surface area contributed by atoms with Crippen LogP contribution in [-0.4, -0.2) is 29.4 Å². The molecule has 2 aromatic rings. The first-order valence-electron chi connectivity index (χ1n) is 8.91. The molecule has 1 aliphatic heterocycles. The highest BCUT2D eigenvalue weighted by Gasteiger charge is 2.20. The van der Waals surface area contributed by atoms with E-state index in [4.69, 9.17) is 26.2 Å². The van der Waals surface area contributed by atoms with Gasteiger partial charge in [-0.25, -0.2) is 4.79 Å². The van der Waals surface area contributed by atoms with E-state index in [0.29, 0.717) is 40.9 Å². The second kappa shape index (κ2) is 10.6. The Hall–Kier alpha value is -2.47. The van der Waals surface area contributed by atoms with Crippen LogP contribution in [0.4, 0.5) is 0 Å². The summed E-state index contributed by atoms with van der Waals surface area (Å²) in [7, 11) is 1.50. The third-order valence-electron chi connectivity index (χ3n) is 3.48. The van der Waals surface area contributed by atoms with Crippen LogP contribution in [-0.2, 0) is 6.54 Å². The monoisotopic (exact) mass is 395 g/mol. The molecule has 1 aromatic heterocycles. The van der Waals surface area contributed by atoms with Crippen molar-refractivity contribution in [2.45, 2.75) is 40.7 Å². The zero-order valence-corrected chi connectivity index (χ0v) is 17.1. The Morgan fingerprint density at radius 2 is 1.93 bits per heavy atom. The molecular weight excluding hydrogens is 370 g/mol.